The van der Waals surface area contributed by atoms with Crippen molar-refractivity contribution in [3.63, 3.8) is 0 Å². The predicted molar refractivity (Wildman–Crippen MR) is 95.4 cm³/mol. The molecule has 2 fully saturated rings. The maximum absolute atomic E-state index is 13.3. The van der Waals surface area contributed by atoms with Crippen LogP contribution in [0.3, 0.4) is 0 Å². The van der Waals surface area contributed by atoms with Gasteiger partial charge in [-0.15, -0.1) is 0 Å². The van der Waals surface area contributed by atoms with Gasteiger partial charge in [0.25, 0.3) is 0 Å². The maximum Gasteiger partial charge on any atom is 0.123 e. The van der Waals surface area contributed by atoms with Gasteiger partial charge >= 0.3 is 0 Å². The zero-order valence-corrected chi connectivity index (χ0v) is 14.5. The van der Waals surface area contributed by atoms with Gasteiger partial charge < -0.3 is 10.2 Å². The van der Waals surface area contributed by atoms with Crippen molar-refractivity contribution in [1.82, 2.24) is 10.2 Å². The summed E-state index contributed by atoms with van der Waals surface area (Å²) in [7, 11) is 2.23. The molecule has 2 aromatic carbocycles. The Hall–Kier alpha value is -1.78. The topological polar surface area (TPSA) is 15.3 Å². The molecule has 0 radical (unpaired) electrons. The van der Waals surface area contributed by atoms with E-state index in [1.165, 1.54) is 37.1 Å². The largest absolute Gasteiger partial charge is 0.303 e. The van der Waals surface area contributed by atoms with E-state index in [0.717, 1.165) is 24.0 Å². The first kappa shape index (κ1) is 16.7. The third-order valence-electron chi connectivity index (χ3n) is 5.91. The summed E-state index contributed by atoms with van der Waals surface area (Å²) in [4.78, 5) is 2.52. The number of fused-ring (bicyclic) bond motifs is 2. The second kappa shape index (κ2) is 6.85. The van der Waals surface area contributed by atoms with E-state index in [0.29, 0.717) is 18.1 Å². The zero-order valence-electron chi connectivity index (χ0n) is 14.5. The van der Waals surface area contributed by atoms with Crippen molar-refractivity contribution in [3.8, 4) is 0 Å². The standard InChI is InChI=1S/C21H24F2N2/c1-25-19-10-11-20(25)13-18(12-19)24-21(14-2-6-16(22)7-3-14)15-4-8-17(23)9-5-15/h2-9,18-21,24H,10-13H2,1H3/t18?,19-,20+. The molecule has 25 heavy (non-hydrogen) atoms. The van der Waals surface area contributed by atoms with Gasteiger partial charge in [0.1, 0.15) is 11.6 Å². The first-order chi connectivity index (χ1) is 12.1. The third-order valence-corrected chi connectivity index (χ3v) is 5.91. The van der Waals surface area contributed by atoms with E-state index in [2.05, 4.69) is 17.3 Å². The fourth-order valence-electron chi connectivity index (χ4n) is 4.48. The Kier molecular flexibility index (Phi) is 4.57. The fourth-order valence-corrected chi connectivity index (χ4v) is 4.48. The molecule has 4 heteroatoms. The van der Waals surface area contributed by atoms with Crippen molar-refractivity contribution < 1.29 is 8.78 Å². The highest BCUT2D eigenvalue weighted by molar-refractivity contribution is 5.32. The summed E-state index contributed by atoms with van der Waals surface area (Å²) in [5.41, 5.74) is 2.03. The molecule has 2 aliphatic heterocycles. The van der Waals surface area contributed by atoms with Gasteiger partial charge in [-0.05, 0) is 68.1 Å². The Morgan fingerprint density at radius 3 is 1.72 bits per heavy atom. The van der Waals surface area contributed by atoms with Crippen molar-refractivity contribution in [1.29, 1.82) is 0 Å². The van der Waals surface area contributed by atoms with Crippen LogP contribution in [0.5, 0.6) is 0 Å². The lowest BCUT2D eigenvalue weighted by molar-refractivity contribution is 0.145. The molecular formula is C21H24F2N2. The monoisotopic (exact) mass is 342 g/mol. The van der Waals surface area contributed by atoms with Crippen LogP contribution in [0.25, 0.3) is 0 Å². The Balaban J connectivity index is 1.59. The third kappa shape index (κ3) is 3.46. The van der Waals surface area contributed by atoms with E-state index in [1.54, 1.807) is 0 Å². The van der Waals surface area contributed by atoms with Gasteiger partial charge in [-0.2, -0.15) is 0 Å². The normalized spacial score (nSPS) is 26.3. The molecule has 2 bridgehead atoms. The van der Waals surface area contributed by atoms with Crippen LogP contribution in [0.2, 0.25) is 0 Å². The first-order valence-electron chi connectivity index (χ1n) is 9.09. The molecule has 2 saturated heterocycles. The van der Waals surface area contributed by atoms with E-state index >= 15 is 0 Å². The number of halogens is 2. The number of hydrogen-bond acceptors (Lipinski definition) is 2. The predicted octanol–water partition coefficient (Wildman–Crippen LogP) is 4.27. The number of nitrogens with one attached hydrogen (secondary N) is 1. The lowest BCUT2D eigenvalue weighted by Gasteiger charge is -2.38. The highest BCUT2D eigenvalue weighted by atomic mass is 19.1. The van der Waals surface area contributed by atoms with Gasteiger partial charge in [0.15, 0.2) is 0 Å². The molecule has 2 heterocycles. The highest BCUT2D eigenvalue weighted by Gasteiger charge is 2.39. The van der Waals surface area contributed by atoms with Crippen LogP contribution in [0.4, 0.5) is 8.78 Å². The SMILES string of the molecule is CN1[C@@H]2CC[C@H]1CC(NC(c1ccc(F)cc1)c1ccc(F)cc1)C2. The summed E-state index contributed by atoms with van der Waals surface area (Å²) in [6, 6.07) is 14.9. The van der Waals surface area contributed by atoms with E-state index in [1.807, 2.05) is 24.3 Å². The Morgan fingerprint density at radius 1 is 0.840 bits per heavy atom. The average Bonchev–Trinajstić information content (AvgIpc) is 2.83. The molecule has 3 atom stereocenters. The maximum atomic E-state index is 13.3. The minimum Gasteiger partial charge on any atom is -0.303 e. The summed E-state index contributed by atoms with van der Waals surface area (Å²) in [5, 5.41) is 3.78. The molecule has 0 amide bonds. The number of benzene rings is 2. The molecular weight excluding hydrogens is 318 g/mol. The minimum absolute atomic E-state index is 0.0472. The Bertz CT molecular complexity index is 654. The second-order valence-corrected chi connectivity index (χ2v) is 7.42. The van der Waals surface area contributed by atoms with Crippen LogP contribution < -0.4 is 5.32 Å². The zero-order chi connectivity index (χ0) is 17.4. The molecule has 2 nitrogen and oxygen atoms in total. The van der Waals surface area contributed by atoms with Gasteiger partial charge in [0.05, 0.1) is 6.04 Å². The van der Waals surface area contributed by atoms with Crippen LogP contribution in [-0.4, -0.2) is 30.1 Å². The number of nitrogens with zero attached hydrogens (tertiary/aromatic N) is 1. The number of hydrogen-bond donors (Lipinski definition) is 1. The Morgan fingerprint density at radius 2 is 1.28 bits per heavy atom. The van der Waals surface area contributed by atoms with Crippen molar-refractivity contribution in [2.24, 2.45) is 0 Å². The molecule has 1 unspecified atom stereocenters. The molecule has 2 aromatic rings. The molecule has 4 rings (SSSR count). The van der Waals surface area contributed by atoms with Crippen molar-refractivity contribution in [2.75, 3.05) is 7.05 Å². The van der Waals surface area contributed by atoms with Crippen LogP contribution >= 0.6 is 0 Å². The summed E-state index contributed by atoms with van der Waals surface area (Å²) < 4.78 is 26.7. The molecule has 0 spiro atoms. The molecule has 0 aliphatic carbocycles. The van der Waals surface area contributed by atoms with Crippen molar-refractivity contribution >= 4 is 0 Å². The van der Waals surface area contributed by atoms with Gasteiger partial charge in [-0.1, -0.05) is 24.3 Å². The second-order valence-electron chi connectivity index (χ2n) is 7.42. The smallest absolute Gasteiger partial charge is 0.123 e. The summed E-state index contributed by atoms with van der Waals surface area (Å²) in [6.45, 7) is 0. The molecule has 1 N–H and O–H groups in total. The molecule has 0 aromatic heterocycles. The van der Waals surface area contributed by atoms with Crippen LogP contribution in [0.15, 0.2) is 48.5 Å². The summed E-state index contributed by atoms with van der Waals surface area (Å²) in [6.07, 6.45) is 4.81. The van der Waals surface area contributed by atoms with Gasteiger partial charge in [-0.3, -0.25) is 0 Å². The summed E-state index contributed by atoms with van der Waals surface area (Å²) >= 11 is 0. The van der Waals surface area contributed by atoms with Crippen LogP contribution in [-0.2, 0) is 0 Å². The molecule has 0 saturated carbocycles. The van der Waals surface area contributed by atoms with E-state index in [4.69, 9.17) is 0 Å². The molecule has 132 valence electrons. The van der Waals surface area contributed by atoms with E-state index in [-0.39, 0.29) is 17.7 Å². The van der Waals surface area contributed by atoms with Crippen molar-refractivity contribution in [3.05, 3.63) is 71.3 Å². The quantitative estimate of drug-likeness (QED) is 0.893. The highest BCUT2D eigenvalue weighted by Crippen LogP contribution is 2.36. The first-order valence-corrected chi connectivity index (χ1v) is 9.09. The fraction of sp³-hybridized carbons (Fsp3) is 0.429. The Labute approximate surface area is 147 Å². The molecule has 2 aliphatic rings. The van der Waals surface area contributed by atoms with Crippen LogP contribution in [0.1, 0.15) is 42.9 Å². The lowest BCUT2D eigenvalue weighted by atomic mass is 9.93. The lowest BCUT2D eigenvalue weighted by Crippen LogP contribution is -2.48. The number of piperidine rings is 1. The van der Waals surface area contributed by atoms with Gasteiger partial charge in [-0.25, -0.2) is 8.78 Å². The van der Waals surface area contributed by atoms with E-state index < -0.39 is 0 Å². The average molecular weight is 342 g/mol. The summed E-state index contributed by atoms with van der Waals surface area (Å²) in [5.74, 6) is -0.474. The van der Waals surface area contributed by atoms with Gasteiger partial charge in [0.2, 0.25) is 0 Å². The van der Waals surface area contributed by atoms with Crippen molar-refractivity contribution in [2.45, 2.75) is 49.9 Å². The van der Waals surface area contributed by atoms with E-state index in [9.17, 15) is 8.78 Å². The number of rotatable bonds is 4. The van der Waals surface area contributed by atoms with Gasteiger partial charge in [0, 0.05) is 18.1 Å². The minimum atomic E-state index is -0.237. The van der Waals surface area contributed by atoms with Crippen LogP contribution in [0, 0.1) is 11.6 Å².